The van der Waals surface area contributed by atoms with Gasteiger partial charge in [0.2, 0.25) is 0 Å². The average molecular weight is 245 g/mol. The highest BCUT2D eigenvalue weighted by atomic mass is 15.0. The molecule has 0 bridgehead atoms. The van der Waals surface area contributed by atoms with Gasteiger partial charge < -0.3 is 5.32 Å². The fraction of sp³-hybridized carbons (Fsp3) is 0.647. The Hall–Kier alpha value is -0.820. The maximum atomic E-state index is 3.83. The third kappa shape index (κ3) is 2.33. The van der Waals surface area contributed by atoms with E-state index in [0.29, 0.717) is 5.54 Å². The molecule has 0 amide bonds. The first kappa shape index (κ1) is 13.6. The molecule has 100 valence electrons. The zero-order valence-corrected chi connectivity index (χ0v) is 12.1. The Morgan fingerprint density at radius 2 is 1.78 bits per heavy atom. The van der Waals surface area contributed by atoms with Crippen molar-refractivity contribution >= 4 is 0 Å². The van der Waals surface area contributed by atoms with Gasteiger partial charge >= 0.3 is 0 Å². The van der Waals surface area contributed by atoms with Gasteiger partial charge in [-0.3, -0.25) is 0 Å². The van der Waals surface area contributed by atoms with Gasteiger partial charge in [0, 0.05) is 5.54 Å². The van der Waals surface area contributed by atoms with Crippen LogP contribution in [-0.4, -0.2) is 12.1 Å². The molecule has 0 aliphatic carbocycles. The van der Waals surface area contributed by atoms with E-state index in [0.717, 1.165) is 18.4 Å². The number of rotatable bonds is 4. The minimum Gasteiger partial charge on any atom is -0.311 e. The van der Waals surface area contributed by atoms with E-state index in [1.54, 1.807) is 0 Å². The highest BCUT2D eigenvalue weighted by Gasteiger charge is 2.42. The van der Waals surface area contributed by atoms with Crippen LogP contribution in [0.2, 0.25) is 0 Å². The quantitative estimate of drug-likeness (QED) is 0.831. The standard InChI is InChI=1S/C17H27N/c1-4-16-15(14-10-8-7-9-11-14)12-13-18-17(16,5-2)6-3/h7-11,15-16,18H,4-6,12-13H2,1-3H3. The fourth-order valence-electron chi connectivity index (χ4n) is 3.99. The summed E-state index contributed by atoms with van der Waals surface area (Å²) in [5.41, 5.74) is 1.89. The number of hydrogen-bond donors (Lipinski definition) is 1. The van der Waals surface area contributed by atoms with Crippen molar-refractivity contribution in [3.8, 4) is 0 Å². The van der Waals surface area contributed by atoms with Gasteiger partial charge in [0.05, 0.1) is 0 Å². The molecule has 0 radical (unpaired) electrons. The van der Waals surface area contributed by atoms with E-state index >= 15 is 0 Å². The third-order valence-corrected chi connectivity index (χ3v) is 5.06. The Balaban J connectivity index is 2.30. The van der Waals surface area contributed by atoms with Gasteiger partial charge in [0.1, 0.15) is 0 Å². The second-order valence-corrected chi connectivity index (χ2v) is 5.61. The fourth-order valence-corrected chi connectivity index (χ4v) is 3.99. The van der Waals surface area contributed by atoms with Crippen LogP contribution in [0.15, 0.2) is 30.3 Å². The van der Waals surface area contributed by atoms with Gasteiger partial charge in [0.25, 0.3) is 0 Å². The summed E-state index contributed by atoms with van der Waals surface area (Å²) in [7, 11) is 0. The molecule has 1 saturated heterocycles. The first-order valence-electron chi connectivity index (χ1n) is 7.57. The van der Waals surface area contributed by atoms with Crippen LogP contribution in [-0.2, 0) is 0 Å². The van der Waals surface area contributed by atoms with E-state index in [1.165, 1.54) is 31.2 Å². The normalized spacial score (nSPS) is 27.1. The molecule has 1 aromatic rings. The van der Waals surface area contributed by atoms with Crippen molar-refractivity contribution < 1.29 is 0 Å². The maximum Gasteiger partial charge on any atom is 0.0210 e. The summed E-state index contributed by atoms with van der Waals surface area (Å²) in [4.78, 5) is 0. The van der Waals surface area contributed by atoms with E-state index in [-0.39, 0.29) is 0 Å². The van der Waals surface area contributed by atoms with Gasteiger partial charge in [0.15, 0.2) is 0 Å². The molecule has 0 saturated carbocycles. The highest BCUT2D eigenvalue weighted by Crippen LogP contribution is 2.43. The van der Waals surface area contributed by atoms with Crippen molar-refractivity contribution in [1.29, 1.82) is 0 Å². The Kier molecular flexibility index (Phi) is 4.45. The molecular weight excluding hydrogens is 218 g/mol. The van der Waals surface area contributed by atoms with Crippen molar-refractivity contribution in [3.63, 3.8) is 0 Å². The summed E-state index contributed by atoms with van der Waals surface area (Å²) in [5.74, 6) is 1.50. The lowest BCUT2D eigenvalue weighted by Crippen LogP contribution is -2.56. The van der Waals surface area contributed by atoms with E-state index in [2.05, 4.69) is 56.4 Å². The van der Waals surface area contributed by atoms with Gasteiger partial charge in [-0.05, 0) is 43.2 Å². The number of piperidine rings is 1. The molecule has 2 rings (SSSR count). The molecule has 1 heterocycles. The average Bonchev–Trinajstić information content (AvgIpc) is 2.47. The highest BCUT2D eigenvalue weighted by molar-refractivity contribution is 5.23. The van der Waals surface area contributed by atoms with Crippen molar-refractivity contribution in [3.05, 3.63) is 35.9 Å². The summed E-state index contributed by atoms with van der Waals surface area (Å²) in [6.07, 6.45) is 5.04. The summed E-state index contributed by atoms with van der Waals surface area (Å²) >= 11 is 0. The molecule has 1 nitrogen and oxygen atoms in total. The SMILES string of the molecule is CCC1C(c2ccccc2)CCNC1(CC)CC. The zero-order chi connectivity index (χ0) is 13.0. The van der Waals surface area contributed by atoms with Crippen molar-refractivity contribution in [1.82, 2.24) is 5.32 Å². The molecule has 2 unspecified atom stereocenters. The smallest absolute Gasteiger partial charge is 0.0210 e. The second-order valence-electron chi connectivity index (χ2n) is 5.61. The molecule has 18 heavy (non-hydrogen) atoms. The van der Waals surface area contributed by atoms with E-state index in [9.17, 15) is 0 Å². The van der Waals surface area contributed by atoms with Gasteiger partial charge in [-0.15, -0.1) is 0 Å². The molecule has 1 aromatic carbocycles. The van der Waals surface area contributed by atoms with Crippen LogP contribution >= 0.6 is 0 Å². The van der Waals surface area contributed by atoms with Gasteiger partial charge in [-0.1, -0.05) is 57.5 Å². The molecule has 1 heteroatoms. The molecule has 1 aliphatic rings. The van der Waals surface area contributed by atoms with Gasteiger partial charge in [-0.25, -0.2) is 0 Å². The lowest BCUT2D eigenvalue weighted by molar-refractivity contribution is 0.117. The minimum atomic E-state index is 0.355. The molecule has 1 aliphatic heterocycles. The molecule has 2 atom stereocenters. The third-order valence-electron chi connectivity index (χ3n) is 5.06. The minimum absolute atomic E-state index is 0.355. The van der Waals surface area contributed by atoms with E-state index in [1.807, 2.05) is 0 Å². The molecule has 0 spiro atoms. The van der Waals surface area contributed by atoms with Crippen LogP contribution in [0, 0.1) is 5.92 Å². The predicted octanol–water partition coefficient (Wildman–Crippen LogP) is 4.35. The molecule has 0 aromatic heterocycles. The first-order valence-corrected chi connectivity index (χ1v) is 7.57. The van der Waals surface area contributed by atoms with Crippen LogP contribution in [0.4, 0.5) is 0 Å². The second kappa shape index (κ2) is 5.88. The number of benzene rings is 1. The van der Waals surface area contributed by atoms with Crippen LogP contribution in [0.3, 0.4) is 0 Å². The lowest BCUT2D eigenvalue weighted by atomic mass is 9.65. The van der Waals surface area contributed by atoms with E-state index < -0.39 is 0 Å². The summed E-state index contributed by atoms with van der Waals surface area (Å²) in [5, 5.41) is 3.83. The van der Waals surface area contributed by atoms with Crippen LogP contribution in [0.1, 0.15) is 57.9 Å². The van der Waals surface area contributed by atoms with Crippen LogP contribution in [0.25, 0.3) is 0 Å². The lowest BCUT2D eigenvalue weighted by Gasteiger charge is -2.48. The van der Waals surface area contributed by atoms with Crippen molar-refractivity contribution in [2.24, 2.45) is 5.92 Å². The Morgan fingerprint density at radius 3 is 2.33 bits per heavy atom. The van der Waals surface area contributed by atoms with Crippen molar-refractivity contribution in [2.45, 2.75) is 57.9 Å². The topological polar surface area (TPSA) is 12.0 Å². The van der Waals surface area contributed by atoms with E-state index in [4.69, 9.17) is 0 Å². The summed E-state index contributed by atoms with van der Waals surface area (Å²) in [6, 6.07) is 11.1. The summed E-state index contributed by atoms with van der Waals surface area (Å²) in [6.45, 7) is 8.20. The number of hydrogen-bond acceptors (Lipinski definition) is 1. The predicted molar refractivity (Wildman–Crippen MR) is 78.9 cm³/mol. The molecular formula is C17H27N. The van der Waals surface area contributed by atoms with Crippen LogP contribution in [0.5, 0.6) is 0 Å². The number of nitrogens with one attached hydrogen (secondary N) is 1. The molecule has 1 N–H and O–H groups in total. The van der Waals surface area contributed by atoms with Crippen molar-refractivity contribution in [2.75, 3.05) is 6.54 Å². The maximum absolute atomic E-state index is 3.83. The Labute approximate surface area is 112 Å². The zero-order valence-electron chi connectivity index (χ0n) is 12.1. The Bertz CT molecular complexity index is 353. The molecule has 1 fully saturated rings. The Morgan fingerprint density at radius 1 is 1.11 bits per heavy atom. The summed E-state index contributed by atoms with van der Waals surface area (Å²) < 4.78 is 0. The van der Waals surface area contributed by atoms with Crippen LogP contribution < -0.4 is 5.32 Å². The monoisotopic (exact) mass is 245 g/mol. The largest absolute Gasteiger partial charge is 0.311 e. The first-order chi connectivity index (χ1) is 8.77. The van der Waals surface area contributed by atoms with Gasteiger partial charge in [-0.2, -0.15) is 0 Å².